The van der Waals surface area contributed by atoms with Crippen LogP contribution in [-0.2, 0) is 9.59 Å². The van der Waals surface area contributed by atoms with Crippen molar-refractivity contribution in [3.05, 3.63) is 0 Å². The second-order valence-corrected chi connectivity index (χ2v) is 10.8. The summed E-state index contributed by atoms with van der Waals surface area (Å²) in [5, 5.41) is 10.0. The molecule has 32 heavy (non-hydrogen) atoms. The quantitative estimate of drug-likeness (QED) is 0.682. The predicted octanol–water partition coefficient (Wildman–Crippen LogP) is 3.79. The van der Waals surface area contributed by atoms with Gasteiger partial charge in [0.15, 0.2) is 0 Å². The minimum atomic E-state index is -2.83. The van der Waals surface area contributed by atoms with Crippen LogP contribution < -0.4 is 0 Å². The molecule has 182 valence electrons. The number of hydrogen-bond donors (Lipinski definition) is 1. The molecular formula is C24H37F3N2O3. The zero-order valence-electron chi connectivity index (χ0n) is 19.1. The molecule has 3 unspecified atom stereocenters. The Balaban J connectivity index is 1.24. The van der Waals surface area contributed by atoms with E-state index in [0.717, 1.165) is 45.4 Å². The summed E-state index contributed by atoms with van der Waals surface area (Å²) in [5.74, 6) is -3.53. The Hall–Kier alpha value is -1.31. The van der Waals surface area contributed by atoms with Crippen LogP contribution in [0.2, 0.25) is 0 Å². The van der Waals surface area contributed by atoms with E-state index in [-0.39, 0.29) is 36.0 Å². The summed E-state index contributed by atoms with van der Waals surface area (Å²) in [6.45, 7) is 2.77. The lowest BCUT2D eigenvalue weighted by molar-refractivity contribution is -0.148. The van der Waals surface area contributed by atoms with E-state index in [2.05, 4.69) is 0 Å². The van der Waals surface area contributed by atoms with Gasteiger partial charge >= 0.3 is 0 Å². The number of carbonyl (C=O) groups excluding carboxylic acids is 2. The Bertz CT molecular complexity index is 693. The van der Waals surface area contributed by atoms with Crippen LogP contribution in [0.15, 0.2) is 0 Å². The first-order valence-corrected chi connectivity index (χ1v) is 12.4. The van der Waals surface area contributed by atoms with Crippen molar-refractivity contribution < 1.29 is 27.9 Å². The molecule has 0 aromatic heterocycles. The fraction of sp³-hybridized carbons (Fsp3) is 0.917. The maximum atomic E-state index is 15.1. The van der Waals surface area contributed by atoms with Crippen molar-refractivity contribution in [3.8, 4) is 0 Å². The van der Waals surface area contributed by atoms with Crippen LogP contribution in [0.25, 0.3) is 0 Å². The van der Waals surface area contributed by atoms with Gasteiger partial charge in [-0.25, -0.2) is 13.2 Å². The van der Waals surface area contributed by atoms with Crippen molar-refractivity contribution in [2.24, 2.45) is 23.7 Å². The highest BCUT2D eigenvalue weighted by molar-refractivity contribution is 5.88. The Labute approximate surface area is 188 Å². The average molecular weight is 459 g/mol. The van der Waals surface area contributed by atoms with Gasteiger partial charge in [-0.2, -0.15) is 0 Å². The van der Waals surface area contributed by atoms with Crippen molar-refractivity contribution in [3.63, 3.8) is 0 Å². The Morgan fingerprint density at radius 3 is 2.12 bits per heavy atom. The highest BCUT2D eigenvalue weighted by Crippen LogP contribution is 2.45. The smallest absolute Gasteiger partial charge is 0.254 e. The van der Waals surface area contributed by atoms with Crippen LogP contribution in [0.3, 0.4) is 0 Å². The number of alkyl halides is 3. The highest BCUT2D eigenvalue weighted by Gasteiger charge is 2.50. The first-order chi connectivity index (χ1) is 15.1. The summed E-state index contributed by atoms with van der Waals surface area (Å²) in [6.07, 6.45) is 4.63. The first-order valence-electron chi connectivity index (χ1n) is 12.4. The number of rotatable bonds is 5. The van der Waals surface area contributed by atoms with Gasteiger partial charge in [-0.1, -0.05) is 6.42 Å². The lowest BCUT2D eigenvalue weighted by atomic mass is 9.66. The monoisotopic (exact) mass is 458 g/mol. The molecule has 0 radical (unpaired) electrons. The third-order valence-corrected chi connectivity index (χ3v) is 8.32. The molecule has 1 aliphatic heterocycles. The van der Waals surface area contributed by atoms with E-state index in [9.17, 15) is 23.5 Å². The topological polar surface area (TPSA) is 60.9 Å². The summed E-state index contributed by atoms with van der Waals surface area (Å²) in [6, 6.07) is 0. The van der Waals surface area contributed by atoms with Gasteiger partial charge in [0.05, 0.1) is 0 Å². The van der Waals surface area contributed by atoms with Crippen LogP contribution in [0.1, 0.15) is 71.1 Å². The molecule has 4 rings (SSSR count). The van der Waals surface area contributed by atoms with E-state index >= 15 is 4.39 Å². The van der Waals surface area contributed by atoms with Crippen molar-refractivity contribution in [2.45, 2.75) is 88.8 Å². The van der Waals surface area contributed by atoms with Crippen LogP contribution in [0, 0.1) is 23.7 Å². The summed E-state index contributed by atoms with van der Waals surface area (Å²) in [5.41, 5.74) is -1.16. The Morgan fingerprint density at radius 2 is 1.56 bits per heavy atom. The van der Waals surface area contributed by atoms with Gasteiger partial charge in [0.1, 0.15) is 11.8 Å². The molecule has 0 spiro atoms. The lowest BCUT2D eigenvalue weighted by Crippen LogP contribution is -2.54. The molecule has 0 aromatic rings. The lowest BCUT2D eigenvalue weighted by Gasteiger charge is -2.42. The Kier molecular flexibility index (Phi) is 6.81. The number of carbonyl (C=O) groups is 2. The number of halogens is 3. The molecule has 0 bridgehead atoms. The maximum absolute atomic E-state index is 15.1. The largest absolute Gasteiger partial charge is 0.380 e. The molecule has 8 heteroatoms. The van der Waals surface area contributed by atoms with E-state index in [0.29, 0.717) is 45.4 Å². The molecule has 1 heterocycles. The third kappa shape index (κ3) is 5.26. The standard InChI is InChI=1S/C24H37F3N2O3/c1-23(26,27)15-18-3-2-4-19(20(18)25)16-5-7-17(8-6-16)21(30)28-11-13-29(14-12-28)22(31)24(32)9-10-24/h16-20,32H,2-15H2,1H3. The minimum absolute atomic E-state index is 0.0708. The SMILES string of the molecule is CC(F)(F)CC1CCCC(C2CCC(C(=O)N3CCN(C(=O)C4(O)CC4)CC3)CC2)C1F. The van der Waals surface area contributed by atoms with Gasteiger partial charge < -0.3 is 14.9 Å². The second-order valence-electron chi connectivity index (χ2n) is 10.8. The highest BCUT2D eigenvalue weighted by atomic mass is 19.3. The number of amides is 2. The van der Waals surface area contributed by atoms with Gasteiger partial charge in [0.2, 0.25) is 11.8 Å². The van der Waals surface area contributed by atoms with Crippen molar-refractivity contribution >= 4 is 11.8 Å². The number of aliphatic hydroxyl groups is 1. The van der Waals surface area contributed by atoms with E-state index < -0.39 is 23.6 Å². The van der Waals surface area contributed by atoms with Gasteiger partial charge in [-0.05, 0) is 76.0 Å². The molecule has 3 aliphatic carbocycles. The molecule has 3 atom stereocenters. The van der Waals surface area contributed by atoms with Crippen molar-refractivity contribution in [2.75, 3.05) is 26.2 Å². The molecule has 1 saturated heterocycles. The van der Waals surface area contributed by atoms with Crippen molar-refractivity contribution in [1.29, 1.82) is 0 Å². The fourth-order valence-electron chi connectivity index (χ4n) is 6.26. The molecule has 4 fully saturated rings. The maximum Gasteiger partial charge on any atom is 0.254 e. The van der Waals surface area contributed by atoms with Crippen LogP contribution in [0.4, 0.5) is 13.2 Å². The van der Waals surface area contributed by atoms with E-state index in [4.69, 9.17) is 0 Å². The molecule has 5 nitrogen and oxygen atoms in total. The molecule has 4 aliphatic rings. The summed E-state index contributed by atoms with van der Waals surface area (Å²) in [7, 11) is 0. The van der Waals surface area contributed by atoms with Gasteiger partial charge in [-0.3, -0.25) is 9.59 Å². The van der Waals surface area contributed by atoms with Crippen LogP contribution in [0.5, 0.6) is 0 Å². The summed E-state index contributed by atoms with van der Waals surface area (Å²) < 4.78 is 42.0. The van der Waals surface area contributed by atoms with E-state index in [1.807, 2.05) is 4.90 Å². The molecule has 2 amide bonds. The predicted molar refractivity (Wildman–Crippen MR) is 114 cm³/mol. The molecule has 3 saturated carbocycles. The van der Waals surface area contributed by atoms with Crippen LogP contribution in [-0.4, -0.2) is 70.6 Å². The number of nitrogens with zero attached hydrogens (tertiary/aromatic N) is 2. The zero-order chi connectivity index (χ0) is 23.1. The number of hydrogen-bond acceptors (Lipinski definition) is 3. The van der Waals surface area contributed by atoms with E-state index in [1.165, 1.54) is 0 Å². The van der Waals surface area contributed by atoms with Crippen LogP contribution >= 0.6 is 0 Å². The molecule has 1 N–H and O–H groups in total. The molecular weight excluding hydrogens is 421 g/mol. The third-order valence-electron chi connectivity index (χ3n) is 8.32. The van der Waals surface area contributed by atoms with Gasteiger partial charge in [0, 0.05) is 38.5 Å². The minimum Gasteiger partial charge on any atom is -0.380 e. The van der Waals surface area contributed by atoms with Gasteiger partial charge in [-0.15, -0.1) is 0 Å². The second kappa shape index (κ2) is 9.15. The van der Waals surface area contributed by atoms with Gasteiger partial charge in [0.25, 0.3) is 5.91 Å². The Morgan fingerprint density at radius 1 is 0.969 bits per heavy atom. The average Bonchev–Trinajstić information content (AvgIpc) is 3.52. The van der Waals surface area contributed by atoms with E-state index in [1.54, 1.807) is 4.90 Å². The number of piperazine rings is 1. The fourth-order valence-corrected chi connectivity index (χ4v) is 6.26. The summed E-state index contributed by atoms with van der Waals surface area (Å²) in [4.78, 5) is 28.8. The zero-order valence-corrected chi connectivity index (χ0v) is 19.1. The normalized spacial score (nSPS) is 35.5. The summed E-state index contributed by atoms with van der Waals surface area (Å²) >= 11 is 0. The molecule has 0 aromatic carbocycles. The first kappa shape index (κ1) is 23.8. The van der Waals surface area contributed by atoms with Crippen molar-refractivity contribution in [1.82, 2.24) is 9.80 Å².